The van der Waals surface area contributed by atoms with Crippen LogP contribution in [-0.4, -0.2) is 88.1 Å². The molecule has 0 amide bonds. The van der Waals surface area contributed by atoms with Gasteiger partial charge in [0.2, 0.25) is 0 Å². The van der Waals surface area contributed by atoms with Gasteiger partial charge in [-0.1, -0.05) is 195 Å². The van der Waals surface area contributed by atoms with Gasteiger partial charge in [0.25, 0.3) is 0 Å². The fraction of sp³-hybridized carbons (Fsp3) is 0.635. The number of hydrogen-bond acceptors (Lipinski definition) is 25. The Kier molecular flexibility index (Phi) is 71.7. The second kappa shape index (κ2) is 67.1. The van der Waals surface area contributed by atoms with Crippen molar-refractivity contribution in [2.45, 2.75) is 184 Å². The van der Waals surface area contributed by atoms with E-state index in [4.69, 9.17) is 0 Å². The smallest absolute Gasteiger partial charge is 0.180 e. The highest BCUT2D eigenvalue weighted by atomic mass is 32.1. The van der Waals surface area contributed by atoms with E-state index in [9.17, 15) is 0 Å². The van der Waals surface area contributed by atoms with Gasteiger partial charge in [-0.15, -0.1) is 20.4 Å². The largest absolute Gasteiger partial charge is 0.452 e. The summed E-state index contributed by atoms with van der Waals surface area (Å²) in [7, 11) is 0. The molecule has 0 atom stereocenters. The SMILES string of the molecule is CC(C)C.CC(C)C.CC(C)C.CC(C)C.CC(C)C.CC(C)C.CC(C)c1cnon1.CC(C)c1cnsn1.CC(C)c1nnns1.c1cn[nH]c1.c1cnoc1.c1cocn1.c1conn1.c1csnn1.c1nnsn1. The molecule has 9 aromatic heterocycles. The maximum Gasteiger partial charge on any atom is 0.180 e. The molecule has 1 N–H and O–H groups in total. The van der Waals surface area contributed by atoms with Gasteiger partial charge in [-0.05, 0) is 70.3 Å². The first kappa shape index (κ1) is 83.3. The van der Waals surface area contributed by atoms with Crippen LogP contribution in [0, 0.1) is 35.5 Å². The average Bonchev–Trinajstić information content (AvgIpc) is 4.22. The fourth-order valence-corrected chi connectivity index (χ4v) is 3.64. The predicted molar refractivity (Wildman–Crippen MR) is 321 cm³/mol. The molecule has 0 unspecified atom stereocenters. The number of H-pyrrole nitrogens is 1. The Bertz CT molecular complexity index is 1640. The minimum atomic E-state index is 0.418. The normalized spacial score (nSPS) is 9.04. The molecule has 0 aromatic carbocycles. The van der Waals surface area contributed by atoms with Gasteiger partial charge >= 0.3 is 0 Å². The fourth-order valence-electron chi connectivity index (χ4n) is 2.16. The van der Waals surface area contributed by atoms with Crippen LogP contribution in [0.15, 0.2) is 117 Å². The molecule has 0 saturated carbocycles. The number of rotatable bonds is 3. The Hall–Kier alpha value is -5.99. The van der Waals surface area contributed by atoms with Crippen molar-refractivity contribution in [2.24, 2.45) is 35.5 Å². The lowest BCUT2D eigenvalue weighted by molar-refractivity contribution is 0.302. The molecule has 9 aromatic rings. The Balaban J connectivity index is -0.000000179. The zero-order chi connectivity index (χ0) is 60.6. The highest BCUT2D eigenvalue weighted by Gasteiger charge is 2.02. The van der Waals surface area contributed by atoms with Crippen LogP contribution in [-0.2, 0) is 0 Å². The van der Waals surface area contributed by atoms with Crippen molar-refractivity contribution in [1.29, 1.82) is 0 Å². The van der Waals surface area contributed by atoms with Crippen molar-refractivity contribution in [1.82, 2.24) is 88.1 Å². The lowest BCUT2D eigenvalue weighted by atomic mass is 10.2. The molecule has 22 nitrogen and oxygen atoms in total. The number of hydrogen-bond donors (Lipinski definition) is 1. The van der Waals surface area contributed by atoms with Crippen molar-refractivity contribution < 1.29 is 18.1 Å². The van der Waals surface area contributed by atoms with Crippen LogP contribution in [0.5, 0.6) is 0 Å². The van der Waals surface area contributed by atoms with E-state index >= 15 is 0 Å². The average molecular weight is 1170 g/mol. The summed E-state index contributed by atoms with van der Waals surface area (Å²) in [5.74, 6) is 6.41. The minimum Gasteiger partial charge on any atom is -0.452 e. The Labute approximate surface area is 484 Å². The van der Waals surface area contributed by atoms with Crippen LogP contribution in [0.1, 0.15) is 200 Å². The zero-order valence-corrected chi connectivity index (χ0v) is 54.6. The first-order valence-corrected chi connectivity index (χ1v) is 28.7. The molecule has 0 aliphatic heterocycles. The first-order valence-electron chi connectivity index (χ1n) is 25.6. The molecular weight excluding hydrogens is 1070 g/mol. The third-order valence-corrected chi connectivity index (χ3v) is 6.82. The number of oxazole rings is 1. The molecule has 0 fully saturated rings. The molecule has 9 rings (SSSR count). The quantitative estimate of drug-likeness (QED) is 0.172. The van der Waals surface area contributed by atoms with Gasteiger partial charge in [-0.2, -0.15) is 18.2 Å². The number of aromatic nitrogens is 18. The van der Waals surface area contributed by atoms with Gasteiger partial charge in [-0.3, -0.25) is 5.10 Å². The van der Waals surface area contributed by atoms with Crippen molar-refractivity contribution in [2.75, 3.05) is 0 Å². The summed E-state index contributed by atoms with van der Waals surface area (Å²) in [6.45, 7) is 51.4. The summed E-state index contributed by atoms with van der Waals surface area (Å²) in [5, 5.41) is 40.0. The molecule has 0 saturated heterocycles. The monoisotopic (exact) mass is 1170 g/mol. The number of nitrogens with zero attached hydrogens (tertiary/aromatic N) is 17. The lowest BCUT2D eigenvalue weighted by Crippen LogP contribution is -1.84. The number of aromatic amines is 1. The second-order valence-corrected chi connectivity index (χ2v) is 22.5. The van der Waals surface area contributed by atoms with E-state index in [-0.39, 0.29) is 0 Å². The maximum absolute atomic E-state index is 4.47. The Morgan fingerprint density at radius 2 is 1.10 bits per heavy atom. The van der Waals surface area contributed by atoms with Gasteiger partial charge in [-0.25, -0.2) is 9.61 Å². The van der Waals surface area contributed by atoms with Gasteiger partial charge in [0, 0.05) is 46.4 Å². The van der Waals surface area contributed by atoms with Gasteiger partial charge in [0.1, 0.15) is 29.5 Å². The molecule has 0 radical (unpaired) electrons. The summed E-state index contributed by atoms with van der Waals surface area (Å²) >= 11 is 5.08. The molecule has 0 aliphatic rings. The highest BCUT2D eigenvalue weighted by molar-refractivity contribution is 7.05. The third kappa shape index (κ3) is 103. The summed E-state index contributed by atoms with van der Waals surface area (Å²) in [4.78, 5) is 3.56. The molecule has 0 aliphatic carbocycles. The van der Waals surface area contributed by atoms with Crippen LogP contribution in [0.25, 0.3) is 0 Å². The molecule has 0 bridgehead atoms. The molecule has 0 spiro atoms. The van der Waals surface area contributed by atoms with Crippen molar-refractivity contribution in [3.05, 3.63) is 115 Å². The van der Waals surface area contributed by atoms with E-state index in [1.165, 1.54) is 72.5 Å². The highest BCUT2D eigenvalue weighted by Crippen LogP contribution is 2.12. The summed E-state index contributed by atoms with van der Waals surface area (Å²) in [6.07, 6.45) is 20.4. The topological polar surface area (TPSA) is 287 Å². The first-order chi connectivity index (χ1) is 36.8. The summed E-state index contributed by atoms with van der Waals surface area (Å²) in [5.41, 5.74) is 2.00. The van der Waals surface area contributed by atoms with Crippen molar-refractivity contribution >= 4 is 46.5 Å². The van der Waals surface area contributed by atoms with E-state index in [2.05, 4.69) is 259 Å². The second-order valence-electron chi connectivity index (χ2n) is 20.0. The van der Waals surface area contributed by atoms with E-state index in [0.29, 0.717) is 17.8 Å². The molecule has 444 valence electrons. The summed E-state index contributed by atoms with van der Waals surface area (Å²) in [6, 6.07) is 3.56. The van der Waals surface area contributed by atoms with Crippen LogP contribution in [0.3, 0.4) is 0 Å². The molecule has 78 heavy (non-hydrogen) atoms. The molecule has 9 heterocycles. The standard InChI is InChI=1S/C5H8N2O.C5H8N2S.C4H7N3S.6C4H10.C3H4N2.2C3H3NO.C2H2N2O.C2H2N2S.CHN3S/c2*1-4(2)5-3-6-8-7-5;1-3(2)4-5-6-7-8-4;6*1-4(2)3;1-2-4-5-3-1;1-2-5-3-4-1;1-2-4-5-3-1;2*1-2-5-4-3-1;1-2-4-5-3-1/h2*3-4H,1-2H3;3H,1-2H3;6*4H,1-3H3;1-3H,(H,4,5);2*1-3H;2*1-2H;1H. The van der Waals surface area contributed by atoms with Crippen molar-refractivity contribution in [3.63, 3.8) is 0 Å². The zero-order valence-electron chi connectivity index (χ0n) is 51.3. The van der Waals surface area contributed by atoms with E-state index in [1.807, 2.05) is 31.5 Å². The lowest BCUT2D eigenvalue weighted by Gasteiger charge is -1.92. The molecular formula is C52H98N18O4S4. The van der Waals surface area contributed by atoms with Crippen molar-refractivity contribution in [3.8, 4) is 0 Å². The van der Waals surface area contributed by atoms with Gasteiger partial charge < -0.3 is 13.5 Å². The van der Waals surface area contributed by atoms with E-state index < -0.39 is 0 Å². The van der Waals surface area contributed by atoms with Crippen LogP contribution >= 0.6 is 46.5 Å². The Morgan fingerprint density at radius 3 is 1.26 bits per heavy atom. The van der Waals surface area contributed by atoms with Gasteiger partial charge in [0.05, 0.1) is 66.3 Å². The number of nitrogens with one attached hydrogen (secondary N) is 1. The third-order valence-electron chi connectivity index (χ3n) is 4.64. The van der Waals surface area contributed by atoms with E-state index in [0.717, 1.165) is 63.6 Å². The maximum atomic E-state index is 4.47. The van der Waals surface area contributed by atoms with Crippen LogP contribution in [0.4, 0.5) is 0 Å². The Morgan fingerprint density at radius 1 is 0.500 bits per heavy atom. The minimum absolute atomic E-state index is 0.418. The van der Waals surface area contributed by atoms with Crippen LogP contribution in [0.2, 0.25) is 0 Å². The van der Waals surface area contributed by atoms with Crippen LogP contribution < -0.4 is 0 Å². The van der Waals surface area contributed by atoms with Gasteiger partial charge in [0.15, 0.2) is 12.7 Å². The summed E-state index contributed by atoms with van der Waals surface area (Å²) < 4.78 is 39.4. The predicted octanol–water partition coefficient (Wildman–Crippen LogP) is 16.2. The van der Waals surface area contributed by atoms with E-state index in [1.54, 1.807) is 43.2 Å². The molecule has 26 heteroatoms.